The molecule has 0 bridgehead atoms. The largest absolute Gasteiger partial charge is 0.450 e. The summed E-state index contributed by atoms with van der Waals surface area (Å²) in [5, 5.41) is 7.49. The number of ether oxygens (including phenoxy) is 2. The minimum Gasteiger partial charge on any atom is -0.450 e. The minimum atomic E-state index is 0.707. The second-order valence-corrected chi connectivity index (χ2v) is 13.1. The molecule has 0 radical (unpaired) electrons. The number of para-hydroxylation sites is 4. The predicted octanol–water partition coefficient (Wildman–Crippen LogP) is 12.1. The standard InChI is InChI=1S/C42H24N2O2S/c1-4-14-31-26(10-1)28-21-22-33-40(41(28)43(31)25-20-23-37-38(24-25)46-36-18-7-6-17-35(36)45-37)30-12-2-5-15-32(30)44(33)34-16-9-13-29-27-11-3-8-19-39(27)47-42(29)34/h1-24H. The van der Waals surface area contributed by atoms with Crippen LogP contribution in [0.15, 0.2) is 146 Å². The van der Waals surface area contributed by atoms with Crippen molar-refractivity contribution in [3.63, 3.8) is 0 Å². The van der Waals surface area contributed by atoms with Crippen molar-refractivity contribution < 1.29 is 9.47 Å². The van der Waals surface area contributed by atoms with Gasteiger partial charge in [-0.3, -0.25) is 0 Å². The zero-order valence-corrected chi connectivity index (χ0v) is 25.8. The third kappa shape index (κ3) is 3.41. The third-order valence-corrected chi connectivity index (χ3v) is 10.8. The number of thiophene rings is 1. The zero-order chi connectivity index (χ0) is 30.6. The van der Waals surface area contributed by atoms with Crippen LogP contribution in [0, 0.1) is 0 Å². The van der Waals surface area contributed by atoms with Gasteiger partial charge in [-0.05, 0) is 54.6 Å². The number of rotatable bonds is 2. The van der Waals surface area contributed by atoms with E-state index in [9.17, 15) is 0 Å². The highest BCUT2D eigenvalue weighted by atomic mass is 32.1. The van der Waals surface area contributed by atoms with E-state index >= 15 is 0 Å². The molecular weight excluding hydrogens is 597 g/mol. The Morgan fingerprint density at radius 2 is 1.09 bits per heavy atom. The number of nitrogens with zero attached hydrogens (tertiary/aromatic N) is 2. The molecule has 0 N–H and O–H groups in total. The lowest BCUT2D eigenvalue weighted by Crippen LogP contribution is -2.01. The first-order valence-corrected chi connectivity index (χ1v) is 16.6. The predicted molar refractivity (Wildman–Crippen MR) is 195 cm³/mol. The topological polar surface area (TPSA) is 28.3 Å². The van der Waals surface area contributed by atoms with E-state index in [0.717, 1.165) is 22.7 Å². The number of benzene rings is 7. The van der Waals surface area contributed by atoms with Gasteiger partial charge in [-0.1, -0.05) is 84.9 Å². The second-order valence-electron chi connectivity index (χ2n) is 12.1. The smallest absolute Gasteiger partial charge is 0.172 e. The molecule has 1 aliphatic rings. The van der Waals surface area contributed by atoms with Gasteiger partial charge in [-0.2, -0.15) is 0 Å². The number of hydrogen-bond donors (Lipinski definition) is 0. The Morgan fingerprint density at radius 1 is 0.426 bits per heavy atom. The summed E-state index contributed by atoms with van der Waals surface area (Å²) in [4.78, 5) is 0. The van der Waals surface area contributed by atoms with Crippen molar-refractivity contribution in [3.8, 4) is 34.4 Å². The lowest BCUT2D eigenvalue weighted by atomic mass is 10.1. The Kier molecular flexibility index (Phi) is 4.96. The van der Waals surface area contributed by atoms with Crippen LogP contribution in [0.3, 0.4) is 0 Å². The average Bonchev–Trinajstić information content (AvgIpc) is 3.78. The van der Waals surface area contributed by atoms with Gasteiger partial charge < -0.3 is 18.6 Å². The second kappa shape index (κ2) is 9.25. The summed E-state index contributed by atoms with van der Waals surface area (Å²) in [6.07, 6.45) is 0. The van der Waals surface area contributed by atoms with E-state index in [2.05, 4.69) is 124 Å². The van der Waals surface area contributed by atoms with E-state index in [1.54, 1.807) is 0 Å². The quantitative estimate of drug-likeness (QED) is 0.192. The van der Waals surface area contributed by atoms with E-state index in [4.69, 9.17) is 9.47 Å². The molecule has 220 valence electrons. The molecule has 7 aromatic carbocycles. The zero-order valence-electron chi connectivity index (χ0n) is 25.0. The van der Waals surface area contributed by atoms with Crippen molar-refractivity contribution in [1.82, 2.24) is 9.13 Å². The lowest BCUT2D eigenvalue weighted by Gasteiger charge is -2.21. The average molecular weight is 621 g/mol. The van der Waals surface area contributed by atoms with Crippen LogP contribution in [0.4, 0.5) is 0 Å². The Labute approximate surface area is 272 Å². The maximum Gasteiger partial charge on any atom is 0.172 e. The minimum absolute atomic E-state index is 0.707. The summed E-state index contributed by atoms with van der Waals surface area (Å²) in [6, 6.07) is 51.6. The molecule has 0 saturated carbocycles. The molecule has 47 heavy (non-hydrogen) atoms. The van der Waals surface area contributed by atoms with Gasteiger partial charge in [0.05, 0.1) is 38.1 Å². The van der Waals surface area contributed by atoms with Crippen molar-refractivity contribution >= 4 is 75.1 Å². The molecule has 11 rings (SSSR count). The van der Waals surface area contributed by atoms with E-state index in [-0.39, 0.29) is 0 Å². The summed E-state index contributed by atoms with van der Waals surface area (Å²) in [7, 11) is 0. The van der Waals surface area contributed by atoms with Gasteiger partial charge in [0, 0.05) is 43.1 Å². The normalized spacial score (nSPS) is 12.6. The van der Waals surface area contributed by atoms with Crippen molar-refractivity contribution in [2.75, 3.05) is 0 Å². The van der Waals surface area contributed by atoms with Crippen molar-refractivity contribution in [2.24, 2.45) is 0 Å². The van der Waals surface area contributed by atoms with Gasteiger partial charge in [0.2, 0.25) is 0 Å². The molecule has 1 aliphatic heterocycles. The molecule has 0 atom stereocenters. The summed E-state index contributed by atoms with van der Waals surface area (Å²) < 4.78 is 20.1. The molecule has 0 aliphatic carbocycles. The first-order chi connectivity index (χ1) is 23.3. The van der Waals surface area contributed by atoms with E-state index < -0.39 is 0 Å². The first-order valence-electron chi connectivity index (χ1n) is 15.8. The number of aromatic nitrogens is 2. The van der Waals surface area contributed by atoms with Crippen molar-refractivity contribution in [1.29, 1.82) is 0 Å². The summed E-state index contributed by atoms with van der Waals surface area (Å²) in [6.45, 7) is 0. The van der Waals surface area contributed by atoms with Gasteiger partial charge >= 0.3 is 0 Å². The molecule has 10 aromatic rings. The van der Waals surface area contributed by atoms with E-state index in [0.29, 0.717) is 11.5 Å². The maximum absolute atomic E-state index is 6.38. The summed E-state index contributed by atoms with van der Waals surface area (Å²) in [5.41, 5.74) is 6.92. The maximum atomic E-state index is 6.38. The monoisotopic (exact) mass is 620 g/mol. The highest BCUT2D eigenvalue weighted by Gasteiger charge is 2.24. The highest BCUT2D eigenvalue weighted by Crippen LogP contribution is 2.48. The molecule has 0 unspecified atom stereocenters. The highest BCUT2D eigenvalue weighted by molar-refractivity contribution is 7.26. The molecule has 3 aromatic heterocycles. The van der Waals surface area contributed by atoms with Crippen molar-refractivity contribution in [3.05, 3.63) is 146 Å². The van der Waals surface area contributed by atoms with Gasteiger partial charge in [-0.15, -0.1) is 11.3 Å². The van der Waals surface area contributed by atoms with E-state index in [1.807, 2.05) is 41.7 Å². The Morgan fingerprint density at radius 3 is 1.94 bits per heavy atom. The van der Waals surface area contributed by atoms with Crippen LogP contribution in [-0.4, -0.2) is 9.13 Å². The summed E-state index contributed by atoms with van der Waals surface area (Å²) in [5.74, 6) is 2.87. The Balaban J connectivity index is 1.25. The van der Waals surface area contributed by atoms with Gasteiger partial charge in [-0.25, -0.2) is 0 Å². The fourth-order valence-electron chi connectivity index (χ4n) is 7.60. The lowest BCUT2D eigenvalue weighted by molar-refractivity contribution is 0.359. The van der Waals surface area contributed by atoms with Crippen LogP contribution in [0.25, 0.3) is 75.2 Å². The molecule has 0 saturated heterocycles. The fraction of sp³-hybridized carbons (Fsp3) is 0. The Bertz CT molecular complexity index is 2930. The molecular formula is C42H24N2O2S. The van der Waals surface area contributed by atoms with Crippen LogP contribution in [0.2, 0.25) is 0 Å². The van der Waals surface area contributed by atoms with E-state index in [1.165, 1.54) is 64.0 Å². The number of hydrogen-bond acceptors (Lipinski definition) is 3. The molecule has 0 amide bonds. The number of fused-ring (bicyclic) bond motifs is 12. The molecule has 4 nitrogen and oxygen atoms in total. The van der Waals surface area contributed by atoms with Crippen LogP contribution in [0.5, 0.6) is 23.0 Å². The molecule has 5 heteroatoms. The van der Waals surface area contributed by atoms with Gasteiger partial charge in [0.25, 0.3) is 0 Å². The van der Waals surface area contributed by atoms with Gasteiger partial charge in [0.1, 0.15) is 0 Å². The molecule has 0 spiro atoms. The van der Waals surface area contributed by atoms with Crippen molar-refractivity contribution in [2.45, 2.75) is 0 Å². The van der Waals surface area contributed by atoms with Crippen LogP contribution in [0.1, 0.15) is 0 Å². The van der Waals surface area contributed by atoms with Crippen LogP contribution >= 0.6 is 11.3 Å². The van der Waals surface area contributed by atoms with Crippen LogP contribution < -0.4 is 9.47 Å². The molecule has 4 heterocycles. The van der Waals surface area contributed by atoms with Gasteiger partial charge in [0.15, 0.2) is 23.0 Å². The summed E-state index contributed by atoms with van der Waals surface area (Å²) >= 11 is 1.87. The SMILES string of the molecule is c1ccc2c(c1)Oc1ccc(-n3c4ccccc4c4ccc5c(c6ccccc6n5-c5cccc6c5sc5ccccc56)c43)cc1O2. The Hall–Kier alpha value is -6.04. The fourth-order valence-corrected chi connectivity index (χ4v) is 8.81. The first kappa shape index (κ1) is 25.2. The molecule has 0 fully saturated rings. The third-order valence-electron chi connectivity index (χ3n) is 9.57. The van der Waals surface area contributed by atoms with Crippen LogP contribution in [-0.2, 0) is 0 Å².